The van der Waals surface area contributed by atoms with Gasteiger partial charge in [-0.1, -0.05) is 24.3 Å². The molecule has 0 unspecified atom stereocenters. The first-order chi connectivity index (χ1) is 9.36. The van der Waals surface area contributed by atoms with Crippen molar-refractivity contribution < 1.29 is 0 Å². The Morgan fingerprint density at radius 1 is 1.16 bits per heavy atom. The Kier molecular flexibility index (Phi) is 3.36. The summed E-state index contributed by atoms with van der Waals surface area (Å²) in [6.07, 6.45) is 4.25. The van der Waals surface area contributed by atoms with Crippen LogP contribution in [0.15, 0.2) is 42.6 Å². The lowest BCUT2D eigenvalue weighted by Gasteiger charge is -2.23. The molecular formula is C16H19N3. The van der Waals surface area contributed by atoms with Gasteiger partial charge in [-0.05, 0) is 30.0 Å². The number of hydrogen-bond acceptors (Lipinski definition) is 3. The molecule has 0 saturated heterocycles. The largest absolute Gasteiger partial charge is 0.373 e. The van der Waals surface area contributed by atoms with E-state index in [0.717, 1.165) is 18.9 Å². The average Bonchev–Trinajstić information content (AvgIpc) is 2.69. The Morgan fingerprint density at radius 3 is 2.84 bits per heavy atom. The van der Waals surface area contributed by atoms with Crippen LogP contribution in [0.2, 0.25) is 0 Å². The van der Waals surface area contributed by atoms with Crippen LogP contribution in [-0.4, -0.2) is 18.6 Å². The summed E-state index contributed by atoms with van der Waals surface area (Å²) in [7, 11) is 1.91. The number of rotatable bonds is 2. The highest BCUT2D eigenvalue weighted by Gasteiger charge is 2.14. The summed E-state index contributed by atoms with van der Waals surface area (Å²) in [4.78, 5) is 6.72. The topological polar surface area (TPSA) is 28.2 Å². The molecule has 0 atom stereocenters. The van der Waals surface area contributed by atoms with Gasteiger partial charge < -0.3 is 10.2 Å². The Labute approximate surface area is 114 Å². The molecule has 1 aliphatic heterocycles. The van der Waals surface area contributed by atoms with Crippen LogP contribution in [0, 0.1) is 0 Å². The molecule has 2 aromatic rings. The molecule has 3 heteroatoms. The number of anilines is 2. The second kappa shape index (κ2) is 5.31. The maximum atomic E-state index is 4.28. The number of fused-ring (bicyclic) bond motifs is 1. The lowest BCUT2D eigenvalue weighted by atomic mass is 10.0. The third-order valence-electron chi connectivity index (χ3n) is 3.72. The monoisotopic (exact) mass is 253 g/mol. The standard InChI is InChI=1S/C16H19N3/c1-17-16-11-15(8-9-18-16)19-10-4-7-13-5-2-3-6-14(13)12-19/h2-3,5-6,8-9,11H,4,7,10,12H2,1H3,(H,17,18). The molecule has 19 heavy (non-hydrogen) atoms. The molecular weight excluding hydrogens is 234 g/mol. The van der Waals surface area contributed by atoms with Gasteiger partial charge in [0, 0.05) is 38.1 Å². The van der Waals surface area contributed by atoms with Crippen LogP contribution in [0.5, 0.6) is 0 Å². The van der Waals surface area contributed by atoms with E-state index in [4.69, 9.17) is 0 Å². The first-order valence-electron chi connectivity index (χ1n) is 6.82. The van der Waals surface area contributed by atoms with Crippen LogP contribution in [-0.2, 0) is 13.0 Å². The Balaban J connectivity index is 1.89. The molecule has 0 spiro atoms. The van der Waals surface area contributed by atoms with E-state index >= 15 is 0 Å². The minimum absolute atomic E-state index is 0.926. The minimum Gasteiger partial charge on any atom is -0.373 e. The van der Waals surface area contributed by atoms with Crippen molar-refractivity contribution in [2.75, 3.05) is 23.8 Å². The summed E-state index contributed by atoms with van der Waals surface area (Å²) < 4.78 is 0. The SMILES string of the molecule is CNc1cc(N2CCCc3ccccc3C2)ccn1. The molecule has 1 aromatic heterocycles. The highest BCUT2D eigenvalue weighted by Crippen LogP contribution is 2.24. The smallest absolute Gasteiger partial charge is 0.127 e. The van der Waals surface area contributed by atoms with Gasteiger partial charge in [-0.25, -0.2) is 4.98 Å². The lowest BCUT2D eigenvalue weighted by molar-refractivity contribution is 0.765. The van der Waals surface area contributed by atoms with Gasteiger partial charge in [0.1, 0.15) is 5.82 Å². The zero-order valence-electron chi connectivity index (χ0n) is 11.3. The Bertz CT molecular complexity index is 565. The molecule has 0 radical (unpaired) electrons. The molecule has 0 bridgehead atoms. The number of nitrogens with zero attached hydrogens (tertiary/aromatic N) is 2. The van der Waals surface area contributed by atoms with Crippen LogP contribution >= 0.6 is 0 Å². The fourth-order valence-corrected chi connectivity index (χ4v) is 2.67. The Hall–Kier alpha value is -2.03. The first kappa shape index (κ1) is 12.0. The van der Waals surface area contributed by atoms with Crippen molar-refractivity contribution >= 4 is 11.5 Å². The van der Waals surface area contributed by atoms with Gasteiger partial charge in [0.2, 0.25) is 0 Å². The van der Waals surface area contributed by atoms with Gasteiger partial charge in [-0.15, -0.1) is 0 Å². The van der Waals surface area contributed by atoms with Gasteiger partial charge >= 0.3 is 0 Å². The number of aryl methyl sites for hydroxylation is 1. The van der Waals surface area contributed by atoms with Crippen molar-refractivity contribution in [3.8, 4) is 0 Å². The van der Waals surface area contributed by atoms with Crippen molar-refractivity contribution in [2.24, 2.45) is 0 Å². The summed E-state index contributed by atoms with van der Waals surface area (Å²) >= 11 is 0. The van der Waals surface area contributed by atoms with E-state index in [1.165, 1.54) is 29.7 Å². The zero-order chi connectivity index (χ0) is 13.1. The van der Waals surface area contributed by atoms with Gasteiger partial charge in [-0.2, -0.15) is 0 Å². The molecule has 0 saturated carbocycles. The molecule has 0 amide bonds. The van der Waals surface area contributed by atoms with Crippen LogP contribution < -0.4 is 10.2 Å². The second-order valence-electron chi connectivity index (χ2n) is 4.94. The molecule has 1 aliphatic rings. The average molecular weight is 253 g/mol. The van der Waals surface area contributed by atoms with Crippen LogP contribution in [0.4, 0.5) is 11.5 Å². The predicted molar refractivity (Wildman–Crippen MR) is 79.6 cm³/mol. The number of benzene rings is 1. The zero-order valence-corrected chi connectivity index (χ0v) is 11.3. The quantitative estimate of drug-likeness (QED) is 0.891. The summed E-state index contributed by atoms with van der Waals surface area (Å²) in [6, 6.07) is 13.0. The number of aromatic nitrogens is 1. The maximum Gasteiger partial charge on any atom is 0.127 e. The molecule has 3 rings (SSSR count). The van der Waals surface area contributed by atoms with E-state index in [9.17, 15) is 0 Å². The lowest BCUT2D eigenvalue weighted by Crippen LogP contribution is -2.22. The van der Waals surface area contributed by atoms with Crippen molar-refractivity contribution in [3.05, 3.63) is 53.7 Å². The van der Waals surface area contributed by atoms with E-state index in [0.29, 0.717) is 0 Å². The van der Waals surface area contributed by atoms with E-state index in [-0.39, 0.29) is 0 Å². The normalized spacial score (nSPS) is 14.7. The minimum atomic E-state index is 0.926. The third-order valence-corrected chi connectivity index (χ3v) is 3.72. The van der Waals surface area contributed by atoms with E-state index in [2.05, 4.69) is 51.6 Å². The predicted octanol–water partition coefficient (Wildman–Crippen LogP) is 3.08. The summed E-state index contributed by atoms with van der Waals surface area (Å²) in [5, 5.41) is 3.10. The van der Waals surface area contributed by atoms with Crippen molar-refractivity contribution in [3.63, 3.8) is 0 Å². The van der Waals surface area contributed by atoms with Crippen molar-refractivity contribution in [2.45, 2.75) is 19.4 Å². The molecule has 3 nitrogen and oxygen atoms in total. The third kappa shape index (κ3) is 2.55. The van der Waals surface area contributed by atoms with Gasteiger partial charge in [-0.3, -0.25) is 0 Å². The van der Waals surface area contributed by atoms with Crippen LogP contribution in [0.3, 0.4) is 0 Å². The summed E-state index contributed by atoms with van der Waals surface area (Å²) in [5.41, 5.74) is 4.19. The van der Waals surface area contributed by atoms with Crippen molar-refractivity contribution in [1.29, 1.82) is 0 Å². The molecule has 1 aromatic carbocycles. The summed E-state index contributed by atoms with van der Waals surface area (Å²) in [5.74, 6) is 0.926. The van der Waals surface area contributed by atoms with Crippen LogP contribution in [0.25, 0.3) is 0 Å². The highest BCUT2D eigenvalue weighted by atomic mass is 15.1. The number of pyridine rings is 1. The van der Waals surface area contributed by atoms with Crippen LogP contribution in [0.1, 0.15) is 17.5 Å². The fraction of sp³-hybridized carbons (Fsp3) is 0.312. The second-order valence-corrected chi connectivity index (χ2v) is 4.94. The Morgan fingerprint density at radius 2 is 2.00 bits per heavy atom. The van der Waals surface area contributed by atoms with Gasteiger partial charge in [0.25, 0.3) is 0 Å². The molecule has 98 valence electrons. The molecule has 0 aliphatic carbocycles. The maximum absolute atomic E-state index is 4.28. The molecule has 2 heterocycles. The highest BCUT2D eigenvalue weighted by molar-refractivity contribution is 5.54. The first-order valence-corrected chi connectivity index (χ1v) is 6.82. The van der Waals surface area contributed by atoms with E-state index in [1.54, 1.807) is 0 Å². The van der Waals surface area contributed by atoms with E-state index < -0.39 is 0 Å². The van der Waals surface area contributed by atoms with Crippen molar-refractivity contribution in [1.82, 2.24) is 4.98 Å². The van der Waals surface area contributed by atoms with Gasteiger partial charge in [0.15, 0.2) is 0 Å². The molecule has 0 fully saturated rings. The molecule has 1 N–H and O–H groups in total. The number of hydrogen-bond donors (Lipinski definition) is 1. The fourth-order valence-electron chi connectivity index (χ4n) is 2.67. The number of nitrogens with one attached hydrogen (secondary N) is 1. The van der Waals surface area contributed by atoms with Gasteiger partial charge in [0.05, 0.1) is 0 Å². The summed E-state index contributed by atoms with van der Waals surface area (Å²) in [6.45, 7) is 2.09. The van der Waals surface area contributed by atoms with E-state index in [1.807, 2.05) is 13.2 Å².